The van der Waals surface area contributed by atoms with Gasteiger partial charge in [0.05, 0.1) is 18.7 Å². The molecule has 6 heteroatoms. The van der Waals surface area contributed by atoms with Crippen molar-refractivity contribution in [3.63, 3.8) is 0 Å². The molecule has 1 fully saturated rings. The van der Waals surface area contributed by atoms with Crippen LogP contribution in [0, 0.1) is 0 Å². The third kappa shape index (κ3) is 1.10. The first-order valence-electron chi connectivity index (χ1n) is 3.72. The largest absolute Gasteiger partial charge is 0.386 e. The van der Waals surface area contributed by atoms with Crippen molar-refractivity contribution in [2.45, 2.75) is 12.5 Å². The van der Waals surface area contributed by atoms with Crippen molar-refractivity contribution in [1.82, 2.24) is 15.2 Å². The number of hydrogen-bond donors (Lipinski definition) is 3. The normalized spacial score (nSPS) is 20.7. The lowest BCUT2D eigenvalue weighted by atomic mass is 9.98. The number of nitrogens with two attached hydrogens (primary N) is 1. The SMILES string of the molecule is CC1(O)CN(c2n[nH]c(N)n2)C1. The van der Waals surface area contributed by atoms with Crippen molar-refractivity contribution in [3.05, 3.63) is 0 Å². The Morgan fingerprint density at radius 2 is 2.33 bits per heavy atom. The van der Waals surface area contributed by atoms with Crippen molar-refractivity contribution in [3.8, 4) is 0 Å². The Balaban J connectivity index is 2.06. The van der Waals surface area contributed by atoms with Crippen molar-refractivity contribution < 1.29 is 5.11 Å². The van der Waals surface area contributed by atoms with E-state index in [0.717, 1.165) is 0 Å². The number of aromatic amines is 1. The predicted molar refractivity (Wildman–Crippen MR) is 43.6 cm³/mol. The Labute approximate surface area is 69.4 Å². The first-order chi connectivity index (χ1) is 5.57. The van der Waals surface area contributed by atoms with Gasteiger partial charge < -0.3 is 15.7 Å². The van der Waals surface area contributed by atoms with Crippen LogP contribution in [0.3, 0.4) is 0 Å². The summed E-state index contributed by atoms with van der Waals surface area (Å²) in [6.07, 6.45) is 0. The molecule has 0 amide bonds. The molecule has 4 N–H and O–H groups in total. The minimum Gasteiger partial charge on any atom is -0.386 e. The molecule has 2 rings (SSSR count). The molecule has 0 unspecified atom stereocenters. The van der Waals surface area contributed by atoms with Gasteiger partial charge in [0, 0.05) is 0 Å². The average Bonchev–Trinajstić information content (AvgIpc) is 2.30. The maximum atomic E-state index is 9.41. The van der Waals surface area contributed by atoms with Crippen LogP contribution >= 0.6 is 0 Å². The van der Waals surface area contributed by atoms with Crippen molar-refractivity contribution in [2.75, 3.05) is 23.7 Å². The predicted octanol–water partition coefficient (Wildman–Crippen LogP) is -1.04. The van der Waals surface area contributed by atoms with Gasteiger partial charge in [-0.1, -0.05) is 0 Å². The van der Waals surface area contributed by atoms with E-state index < -0.39 is 5.60 Å². The Bertz CT molecular complexity index is 286. The molecule has 0 aliphatic carbocycles. The quantitative estimate of drug-likeness (QED) is 0.499. The van der Waals surface area contributed by atoms with Gasteiger partial charge in [0.25, 0.3) is 0 Å². The topological polar surface area (TPSA) is 91.1 Å². The summed E-state index contributed by atoms with van der Waals surface area (Å²) in [5.41, 5.74) is 4.74. The summed E-state index contributed by atoms with van der Waals surface area (Å²) in [5.74, 6) is 0.857. The summed E-state index contributed by atoms with van der Waals surface area (Å²) >= 11 is 0. The van der Waals surface area contributed by atoms with E-state index in [4.69, 9.17) is 5.73 Å². The summed E-state index contributed by atoms with van der Waals surface area (Å²) in [5, 5.41) is 15.8. The number of nitrogens with zero attached hydrogens (tertiary/aromatic N) is 3. The first kappa shape index (κ1) is 7.35. The molecular formula is C6H11N5O. The molecule has 1 aliphatic rings. The number of H-pyrrole nitrogens is 1. The molecule has 1 aliphatic heterocycles. The number of rotatable bonds is 1. The van der Waals surface area contributed by atoms with Crippen LogP contribution in [-0.4, -0.2) is 39.0 Å². The van der Waals surface area contributed by atoms with Crippen LogP contribution in [-0.2, 0) is 0 Å². The van der Waals surface area contributed by atoms with Crippen LogP contribution < -0.4 is 10.6 Å². The van der Waals surface area contributed by atoms with Crippen LogP contribution in [0.25, 0.3) is 0 Å². The van der Waals surface area contributed by atoms with Gasteiger partial charge in [-0.15, -0.1) is 5.10 Å². The first-order valence-corrected chi connectivity index (χ1v) is 3.72. The molecule has 0 bridgehead atoms. The smallest absolute Gasteiger partial charge is 0.246 e. The fourth-order valence-corrected chi connectivity index (χ4v) is 1.32. The van der Waals surface area contributed by atoms with Crippen molar-refractivity contribution in [1.29, 1.82) is 0 Å². The van der Waals surface area contributed by atoms with E-state index in [2.05, 4.69) is 15.2 Å². The van der Waals surface area contributed by atoms with Crippen LogP contribution in [0.1, 0.15) is 6.92 Å². The minimum atomic E-state index is -0.602. The lowest BCUT2D eigenvalue weighted by Crippen LogP contribution is -2.60. The number of nitrogens with one attached hydrogen (secondary N) is 1. The zero-order valence-corrected chi connectivity index (χ0v) is 6.78. The van der Waals surface area contributed by atoms with Gasteiger partial charge in [0.2, 0.25) is 11.9 Å². The van der Waals surface area contributed by atoms with E-state index in [1.54, 1.807) is 6.92 Å². The Kier molecular flexibility index (Phi) is 1.29. The van der Waals surface area contributed by atoms with Gasteiger partial charge in [-0.05, 0) is 6.92 Å². The van der Waals surface area contributed by atoms with E-state index in [0.29, 0.717) is 25.0 Å². The van der Waals surface area contributed by atoms with Crippen LogP contribution in [0.15, 0.2) is 0 Å². The molecule has 6 nitrogen and oxygen atoms in total. The zero-order valence-electron chi connectivity index (χ0n) is 6.78. The second-order valence-corrected chi connectivity index (χ2v) is 3.37. The Morgan fingerprint density at radius 3 is 2.75 bits per heavy atom. The summed E-state index contributed by atoms with van der Waals surface area (Å²) in [6, 6.07) is 0. The van der Waals surface area contributed by atoms with E-state index in [1.807, 2.05) is 4.90 Å². The summed E-state index contributed by atoms with van der Waals surface area (Å²) in [4.78, 5) is 5.78. The van der Waals surface area contributed by atoms with Gasteiger partial charge in [-0.2, -0.15) is 4.98 Å². The van der Waals surface area contributed by atoms with Crippen LogP contribution in [0.2, 0.25) is 0 Å². The summed E-state index contributed by atoms with van der Waals surface area (Å²) < 4.78 is 0. The number of anilines is 2. The van der Waals surface area contributed by atoms with E-state index in [9.17, 15) is 5.11 Å². The van der Waals surface area contributed by atoms with Gasteiger partial charge >= 0.3 is 0 Å². The highest BCUT2D eigenvalue weighted by Crippen LogP contribution is 2.23. The number of nitrogen functional groups attached to an aromatic ring is 1. The number of hydrogen-bond acceptors (Lipinski definition) is 5. The van der Waals surface area contributed by atoms with Crippen LogP contribution in [0.4, 0.5) is 11.9 Å². The lowest BCUT2D eigenvalue weighted by Gasteiger charge is -2.43. The molecule has 1 aromatic rings. The fourth-order valence-electron chi connectivity index (χ4n) is 1.32. The van der Waals surface area contributed by atoms with Gasteiger partial charge in [-0.25, -0.2) is 5.10 Å². The maximum Gasteiger partial charge on any atom is 0.246 e. The van der Waals surface area contributed by atoms with E-state index in [-0.39, 0.29) is 0 Å². The van der Waals surface area contributed by atoms with Crippen molar-refractivity contribution in [2.24, 2.45) is 0 Å². The molecule has 0 atom stereocenters. The van der Waals surface area contributed by atoms with Crippen molar-refractivity contribution >= 4 is 11.9 Å². The van der Waals surface area contributed by atoms with Gasteiger partial charge in [0.1, 0.15) is 0 Å². The second-order valence-electron chi connectivity index (χ2n) is 3.37. The molecule has 0 radical (unpaired) electrons. The number of β-amino-alcohol motifs (C(OH)–C–C–N with tert-alkyl or cyclic N) is 1. The second kappa shape index (κ2) is 2.10. The molecule has 0 spiro atoms. The minimum absolute atomic E-state index is 0.302. The maximum absolute atomic E-state index is 9.41. The fraction of sp³-hybridized carbons (Fsp3) is 0.667. The molecular weight excluding hydrogens is 158 g/mol. The molecule has 0 saturated carbocycles. The van der Waals surface area contributed by atoms with E-state index in [1.165, 1.54) is 0 Å². The summed E-state index contributed by atoms with van der Waals surface area (Å²) in [7, 11) is 0. The van der Waals surface area contributed by atoms with Gasteiger partial charge in [0.15, 0.2) is 0 Å². The zero-order chi connectivity index (χ0) is 8.77. The Hall–Kier alpha value is -1.30. The molecule has 0 aromatic carbocycles. The van der Waals surface area contributed by atoms with E-state index >= 15 is 0 Å². The van der Waals surface area contributed by atoms with Gasteiger partial charge in [-0.3, -0.25) is 0 Å². The average molecular weight is 169 g/mol. The molecule has 12 heavy (non-hydrogen) atoms. The molecule has 1 saturated heterocycles. The third-order valence-electron chi connectivity index (χ3n) is 1.84. The Morgan fingerprint density at radius 1 is 1.67 bits per heavy atom. The number of aliphatic hydroxyl groups is 1. The molecule has 66 valence electrons. The lowest BCUT2D eigenvalue weighted by molar-refractivity contribution is 0.0300. The molecule has 1 aromatic heterocycles. The highest BCUT2D eigenvalue weighted by molar-refractivity contribution is 5.39. The standard InChI is InChI=1S/C6H11N5O/c1-6(12)2-11(3-6)5-8-4(7)9-10-5/h12H,2-3H2,1H3,(H3,7,8,9,10). The monoisotopic (exact) mass is 169 g/mol. The summed E-state index contributed by atoms with van der Waals surface area (Å²) in [6.45, 7) is 2.90. The third-order valence-corrected chi connectivity index (χ3v) is 1.84. The highest BCUT2D eigenvalue weighted by Gasteiger charge is 2.38. The van der Waals surface area contributed by atoms with Crippen LogP contribution in [0.5, 0.6) is 0 Å². The number of aromatic nitrogens is 3. The molecule has 2 heterocycles. The highest BCUT2D eigenvalue weighted by atomic mass is 16.3.